The van der Waals surface area contributed by atoms with Crippen molar-refractivity contribution in [1.82, 2.24) is 19.6 Å². The van der Waals surface area contributed by atoms with E-state index in [-0.39, 0.29) is 5.69 Å². The number of nitrogens with one attached hydrogen (secondary N) is 1. The molecule has 1 amide bonds. The van der Waals surface area contributed by atoms with Crippen LogP contribution in [0.5, 0.6) is 0 Å². The van der Waals surface area contributed by atoms with Gasteiger partial charge in [0, 0.05) is 24.2 Å². The number of carbonyl (C=O) groups excluding carboxylic acids is 1. The average molecular weight is 349 g/mol. The largest absolute Gasteiger partial charge is 0.408 e. The molecule has 0 saturated heterocycles. The molecule has 25 heavy (non-hydrogen) atoms. The molecule has 0 unspecified atom stereocenters. The lowest BCUT2D eigenvalue weighted by atomic mass is 10.1. The smallest absolute Gasteiger partial charge is 0.319 e. The third kappa shape index (κ3) is 4.69. The van der Waals surface area contributed by atoms with Gasteiger partial charge in [-0.1, -0.05) is 12.1 Å². The van der Waals surface area contributed by atoms with Gasteiger partial charge in [-0.05, 0) is 23.8 Å². The van der Waals surface area contributed by atoms with Gasteiger partial charge in [0.1, 0.15) is 6.54 Å². The molecule has 2 aromatic heterocycles. The van der Waals surface area contributed by atoms with Crippen LogP contribution in [-0.4, -0.2) is 31.6 Å². The van der Waals surface area contributed by atoms with Gasteiger partial charge in [0.15, 0.2) is 0 Å². The first-order valence-electron chi connectivity index (χ1n) is 7.36. The zero-order chi connectivity index (χ0) is 17.9. The number of aromatic nitrogens is 4. The summed E-state index contributed by atoms with van der Waals surface area (Å²) in [6, 6.07) is 8.71. The molecule has 9 heteroatoms. The lowest BCUT2D eigenvalue weighted by molar-refractivity contribution is -0.142. The summed E-state index contributed by atoms with van der Waals surface area (Å²) in [5, 5.41) is 10.2. The molecule has 1 N–H and O–H groups in total. The Bertz CT molecular complexity index is 838. The van der Waals surface area contributed by atoms with E-state index >= 15 is 0 Å². The van der Waals surface area contributed by atoms with Crippen LogP contribution >= 0.6 is 0 Å². The van der Waals surface area contributed by atoms with Crippen LogP contribution in [0.2, 0.25) is 0 Å². The highest BCUT2D eigenvalue weighted by Crippen LogP contribution is 2.18. The van der Waals surface area contributed by atoms with E-state index in [0.717, 1.165) is 16.4 Å². The first-order valence-corrected chi connectivity index (χ1v) is 7.36. The Morgan fingerprint density at radius 3 is 2.52 bits per heavy atom. The number of halogens is 3. The Kier molecular flexibility index (Phi) is 4.55. The summed E-state index contributed by atoms with van der Waals surface area (Å²) in [6.45, 7) is -0.621. The van der Waals surface area contributed by atoms with Gasteiger partial charge in [0.2, 0.25) is 0 Å². The minimum absolute atomic E-state index is 0.204. The van der Waals surface area contributed by atoms with E-state index in [0.29, 0.717) is 12.1 Å². The van der Waals surface area contributed by atoms with Crippen molar-refractivity contribution in [1.29, 1.82) is 0 Å². The van der Waals surface area contributed by atoms with Gasteiger partial charge in [-0.15, -0.1) is 0 Å². The van der Waals surface area contributed by atoms with Crippen LogP contribution in [-0.2, 0) is 13.1 Å². The molecule has 0 bridgehead atoms. The Morgan fingerprint density at radius 2 is 1.88 bits per heavy atom. The number of hydrogen-bond donors (Lipinski definition) is 1. The summed E-state index contributed by atoms with van der Waals surface area (Å²) in [5.74, 6) is -0.419. The van der Waals surface area contributed by atoms with Crippen molar-refractivity contribution in [3.8, 4) is 0 Å². The standard InChI is InChI=1S/C16H14F3N5O/c17-16(18,19)11-24-10-14(8-21-24)22-15(25)13-4-2-12(3-5-13)9-23-7-1-6-20-23/h1-8,10H,9,11H2,(H,22,25). The van der Waals surface area contributed by atoms with Gasteiger partial charge in [0.25, 0.3) is 5.91 Å². The SMILES string of the molecule is O=C(Nc1cnn(CC(F)(F)F)c1)c1ccc(Cn2cccn2)cc1. The molecule has 0 aliphatic rings. The molecule has 0 atom stereocenters. The summed E-state index contributed by atoms with van der Waals surface area (Å²) in [6.07, 6.45) is 1.46. The number of nitrogens with zero attached hydrogens (tertiary/aromatic N) is 4. The normalized spacial score (nSPS) is 11.5. The summed E-state index contributed by atoms with van der Waals surface area (Å²) in [5.41, 5.74) is 1.57. The molecule has 0 aliphatic carbocycles. The van der Waals surface area contributed by atoms with Gasteiger partial charge in [-0.25, -0.2) is 0 Å². The molecular formula is C16H14F3N5O. The molecule has 0 fully saturated rings. The maximum atomic E-state index is 12.3. The predicted octanol–water partition coefficient (Wildman–Crippen LogP) is 2.94. The van der Waals surface area contributed by atoms with E-state index < -0.39 is 18.6 Å². The number of amides is 1. The third-order valence-corrected chi connectivity index (χ3v) is 3.35. The van der Waals surface area contributed by atoms with Crippen LogP contribution < -0.4 is 5.32 Å². The quantitative estimate of drug-likeness (QED) is 0.770. The number of carbonyl (C=O) groups is 1. The van der Waals surface area contributed by atoms with E-state index in [1.54, 1.807) is 35.1 Å². The monoisotopic (exact) mass is 349 g/mol. The predicted molar refractivity (Wildman–Crippen MR) is 84.0 cm³/mol. The lowest BCUT2D eigenvalue weighted by Crippen LogP contribution is -2.18. The van der Waals surface area contributed by atoms with Crippen molar-refractivity contribution in [3.63, 3.8) is 0 Å². The topological polar surface area (TPSA) is 64.7 Å². The highest BCUT2D eigenvalue weighted by atomic mass is 19.4. The van der Waals surface area contributed by atoms with E-state index in [1.165, 1.54) is 6.20 Å². The summed E-state index contributed by atoms with van der Waals surface area (Å²) in [7, 11) is 0. The van der Waals surface area contributed by atoms with Crippen LogP contribution in [0.25, 0.3) is 0 Å². The number of anilines is 1. The van der Waals surface area contributed by atoms with Crippen molar-refractivity contribution in [2.24, 2.45) is 0 Å². The molecule has 3 rings (SSSR count). The van der Waals surface area contributed by atoms with E-state index in [4.69, 9.17) is 0 Å². The van der Waals surface area contributed by atoms with Crippen molar-refractivity contribution in [2.45, 2.75) is 19.3 Å². The fraction of sp³-hybridized carbons (Fsp3) is 0.188. The molecule has 0 spiro atoms. The maximum Gasteiger partial charge on any atom is 0.408 e. The molecule has 0 saturated carbocycles. The van der Waals surface area contributed by atoms with Crippen molar-refractivity contribution < 1.29 is 18.0 Å². The van der Waals surface area contributed by atoms with Crippen molar-refractivity contribution in [3.05, 3.63) is 66.2 Å². The van der Waals surface area contributed by atoms with E-state index in [2.05, 4.69) is 15.5 Å². The number of hydrogen-bond acceptors (Lipinski definition) is 3. The van der Waals surface area contributed by atoms with Crippen LogP contribution in [0, 0.1) is 0 Å². The van der Waals surface area contributed by atoms with Crippen molar-refractivity contribution >= 4 is 11.6 Å². The Balaban J connectivity index is 1.61. The zero-order valence-electron chi connectivity index (χ0n) is 12.9. The number of alkyl halides is 3. The fourth-order valence-corrected chi connectivity index (χ4v) is 2.24. The van der Waals surface area contributed by atoms with Crippen LogP contribution in [0.4, 0.5) is 18.9 Å². The Morgan fingerprint density at radius 1 is 1.12 bits per heavy atom. The third-order valence-electron chi connectivity index (χ3n) is 3.35. The first kappa shape index (κ1) is 16.7. The van der Waals surface area contributed by atoms with Crippen LogP contribution in [0.15, 0.2) is 55.1 Å². The van der Waals surface area contributed by atoms with E-state index in [9.17, 15) is 18.0 Å². The highest BCUT2D eigenvalue weighted by Gasteiger charge is 2.28. The van der Waals surface area contributed by atoms with E-state index in [1.807, 2.05) is 12.3 Å². The zero-order valence-corrected chi connectivity index (χ0v) is 12.9. The second kappa shape index (κ2) is 6.80. The molecule has 130 valence electrons. The molecule has 0 radical (unpaired) electrons. The maximum absolute atomic E-state index is 12.3. The lowest BCUT2D eigenvalue weighted by Gasteiger charge is -2.06. The fourth-order valence-electron chi connectivity index (χ4n) is 2.24. The Hall–Kier alpha value is -3.10. The van der Waals surface area contributed by atoms with Gasteiger partial charge in [-0.2, -0.15) is 23.4 Å². The summed E-state index contributed by atoms with van der Waals surface area (Å²) in [4.78, 5) is 12.1. The minimum Gasteiger partial charge on any atom is -0.319 e. The molecular weight excluding hydrogens is 335 g/mol. The highest BCUT2D eigenvalue weighted by molar-refractivity contribution is 6.04. The number of benzene rings is 1. The molecule has 3 aromatic rings. The molecule has 6 nitrogen and oxygen atoms in total. The second-order valence-corrected chi connectivity index (χ2v) is 5.40. The first-order chi connectivity index (χ1) is 11.9. The summed E-state index contributed by atoms with van der Waals surface area (Å²) >= 11 is 0. The summed E-state index contributed by atoms with van der Waals surface area (Å²) < 4.78 is 39.4. The second-order valence-electron chi connectivity index (χ2n) is 5.40. The van der Waals surface area contributed by atoms with Crippen molar-refractivity contribution in [2.75, 3.05) is 5.32 Å². The van der Waals surface area contributed by atoms with Gasteiger partial charge in [0.05, 0.1) is 18.4 Å². The van der Waals surface area contributed by atoms with Gasteiger partial charge in [-0.3, -0.25) is 14.2 Å². The molecule has 1 aromatic carbocycles. The van der Waals surface area contributed by atoms with Gasteiger partial charge < -0.3 is 5.32 Å². The molecule has 0 aliphatic heterocycles. The molecule has 2 heterocycles. The van der Waals surface area contributed by atoms with Crippen LogP contribution in [0.3, 0.4) is 0 Å². The number of rotatable bonds is 5. The minimum atomic E-state index is -4.36. The Labute approximate surface area is 140 Å². The van der Waals surface area contributed by atoms with Crippen LogP contribution in [0.1, 0.15) is 15.9 Å². The van der Waals surface area contributed by atoms with Gasteiger partial charge >= 0.3 is 6.18 Å². The average Bonchev–Trinajstić information content (AvgIpc) is 3.18.